The van der Waals surface area contributed by atoms with E-state index in [1.165, 1.54) is 0 Å². The van der Waals surface area contributed by atoms with Crippen LogP contribution in [0.2, 0.25) is 0 Å². The second kappa shape index (κ2) is 6.39. The van der Waals surface area contributed by atoms with Crippen LogP contribution in [-0.4, -0.2) is 20.8 Å². The van der Waals surface area contributed by atoms with Crippen LogP contribution in [0.1, 0.15) is 31.1 Å². The molecule has 0 aliphatic heterocycles. The summed E-state index contributed by atoms with van der Waals surface area (Å²) < 4.78 is 1.61. The van der Waals surface area contributed by atoms with Gasteiger partial charge in [0.15, 0.2) is 0 Å². The predicted molar refractivity (Wildman–Crippen MR) is 81.9 cm³/mol. The van der Waals surface area contributed by atoms with E-state index in [1.807, 2.05) is 19.1 Å². The third-order valence-corrected chi connectivity index (χ3v) is 3.36. The maximum atomic E-state index is 12.2. The minimum Gasteiger partial charge on any atom is -0.329 e. The van der Waals surface area contributed by atoms with Crippen molar-refractivity contribution in [2.75, 3.05) is 5.32 Å². The van der Waals surface area contributed by atoms with Crippen molar-refractivity contribution >= 4 is 11.8 Å². The second-order valence-electron chi connectivity index (χ2n) is 5.37. The molecule has 1 atom stereocenters. The van der Waals surface area contributed by atoms with Gasteiger partial charge in [-0.3, -0.25) is 15.0 Å². The summed E-state index contributed by atoms with van der Waals surface area (Å²) in [6.07, 6.45) is 3.39. The summed E-state index contributed by atoms with van der Waals surface area (Å²) >= 11 is 0. The SMILES string of the molecule is Cc1cccnc1C(NC(=O)Nc1ccnn1C)C(C)C. The zero-order chi connectivity index (χ0) is 15.4. The highest BCUT2D eigenvalue weighted by molar-refractivity contribution is 5.88. The molecule has 2 N–H and O–H groups in total. The van der Waals surface area contributed by atoms with Gasteiger partial charge in [-0.2, -0.15) is 5.10 Å². The molecule has 0 saturated heterocycles. The van der Waals surface area contributed by atoms with Crippen molar-refractivity contribution in [3.63, 3.8) is 0 Å². The number of aromatic nitrogens is 3. The van der Waals surface area contributed by atoms with E-state index < -0.39 is 0 Å². The Balaban J connectivity index is 2.12. The Kier molecular flexibility index (Phi) is 4.57. The average molecular weight is 287 g/mol. The molecular weight excluding hydrogens is 266 g/mol. The molecule has 2 heterocycles. The number of carbonyl (C=O) groups excluding carboxylic acids is 1. The van der Waals surface area contributed by atoms with Crippen LogP contribution in [0.4, 0.5) is 10.6 Å². The number of hydrogen-bond donors (Lipinski definition) is 2. The quantitative estimate of drug-likeness (QED) is 0.908. The van der Waals surface area contributed by atoms with Gasteiger partial charge in [0.2, 0.25) is 0 Å². The average Bonchev–Trinajstić information content (AvgIpc) is 2.82. The fraction of sp³-hybridized carbons (Fsp3) is 0.400. The molecule has 112 valence electrons. The molecule has 0 saturated carbocycles. The minimum absolute atomic E-state index is 0.139. The van der Waals surface area contributed by atoms with Gasteiger partial charge in [-0.1, -0.05) is 19.9 Å². The lowest BCUT2D eigenvalue weighted by Gasteiger charge is -2.23. The van der Waals surface area contributed by atoms with Crippen molar-refractivity contribution in [3.05, 3.63) is 41.9 Å². The number of pyridine rings is 1. The van der Waals surface area contributed by atoms with E-state index in [1.54, 1.807) is 30.2 Å². The topological polar surface area (TPSA) is 71.8 Å². The molecule has 0 aliphatic rings. The number of urea groups is 1. The van der Waals surface area contributed by atoms with E-state index >= 15 is 0 Å². The third-order valence-electron chi connectivity index (χ3n) is 3.36. The predicted octanol–water partition coefficient (Wildman–Crippen LogP) is 2.64. The summed E-state index contributed by atoms with van der Waals surface area (Å²) in [5, 5.41) is 9.79. The van der Waals surface area contributed by atoms with Crippen LogP contribution in [0.15, 0.2) is 30.6 Å². The molecule has 6 heteroatoms. The van der Waals surface area contributed by atoms with Gasteiger partial charge < -0.3 is 5.32 Å². The molecule has 2 aromatic rings. The van der Waals surface area contributed by atoms with Gasteiger partial charge in [0.25, 0.3) is 0 Å². The first-order chi connectivity index (χ1) is 9.99. The largest absolute Gasteiger partial charge is 0.329 e. The summed E-state index contributed by atoms with van der Waals surface area (Å²) in [4.78, 5) is 16.6. The lowest BCUT2D eigenvalue weighted by Crippen LogP contribution is -2.36. The number of nitrogens with zero attached hydrogens (tertiary/aromatic N) is 3. The van der Waals surface area contributed by atoms with Gasteiger partial charge >= 0.3 is 6.03 Å². The van der Waals surface area contributed by atoms with Crippen molar-refractivity contribution in [1.82, 2.24) is 20.1 Å². The Labute approximate surface area is 124 Å². The fourth-order valence-corrected chi connectivity index (χ4v) is 2.16. The summed E-state index contributed by atoms with van der Waals surface area (Å²) in [5.74, 6) is 0.878. The van der Waals surface area contributed by atoms with Gasteiger partial charge in [-0.15, -0.1) is 0 Å². The molecule has 21 heavy (non-hydrogen) atoms. The second-order valence-corrected chi connectivity index (χ2v) is 5.37. The standard InChI is InChI=1S/C15H21N5O/c1-10(2)13(14-11(3)6-5-8-16-14)19-15(21)18-12-7-9-17-20(12)4/h5-10,13H,1-4H3,(H2,18,19,21). The maximum absolute atomic E-state index is 12.2. The van der Waals surface area contributed by atoms with E-state index in [-0.39, 0.29) is 18.0 Å². The van der Waals surface area contributed by atoms with Crippen LogP contribution in [0.5, 0.6) is 0 Å². The van der Waals surface area contributed by atoms with Crippen molar-refractivity contribution in [3.8, 4) is 0 Å². The van der Waals surface area contributed by atoms with Crippen molar-refractivity contribution in [2.45, 2.75) is 26.8 Å². The highest BCUT2D eigenvalue weighted by Gasteiger charge is 2.21. The number of amides is 2. The number of anilines is 1. The van der Waals surface area contributed by atoms with E-state index in [0.717, 1.165) is 11.3 Å². The molecule has 2 rings (SSSR count). The zero-order valence-corrected chi connectivity index (χ0v) is 12.8. The zero-order valence-electron chi connectivity index (χ0n) is 12.8. The Morgan fingerprint density at radius 3 is 2.62 bits per heavy atom. The maximum Gasteiger partial charge on any atom is 0.320 e. The van der Waals surface area contributed by atoms with Crippen LogP contribution in [0, 0.1) is 12.8 Å². The van der Waals surface area contributed by atoms with Crippen molar-refractivity contribution in [1.29, 1.82) is 0 Å². The van der Waals surface area contributed by atoms with Gasteiger partial charge in [-0.05, 0) is 24.5 Å². The molecule has 1 unspecified atom stereocenters. The molecule has 2 amide bonds. The Bertz CT molecular complexity index is 620. The lowest BCUT2D eigenvalue weighted by molar-refractivity contribution is 0.244. The Hall–Kier alpha value is -2.37. The monoisotopic (exact) mass is 287 g/mol. The number of hydrogen-bond acceptors (Lipinski definition) is 3. The molecule has 0 aliphatic carbocycles. The van der Waals surface area contributed by atoms with Crippen LogP contribution in [0.25, 0.3) is 0 Å². The third kappa shape index (κ3) is 3.59. The number of nitrogens with one attached hydrogen (secondary N) is 2. The van der Waals surface area contributed by atoms with Gasteiger partial charge in [0.05, 0.1) is 17.9 Å². The molecule has 6 nitrogen and oxygen atoms in total. The van der Waals surface area contributed by atoms with Crippen LogP contribution in [-0.2, 0) is 7.05 Å². The lowest BCUT2D eigenvalue weighted by atomic mass is 9.97. The van der Waals surface area contributed by atoms with E-state index in [2.05, 4.69) is 34.6 Å². The molecule has 0 aromatic carbocycles. The van der Waals surface area contributed by atoms with Crippen molar-refractivity contribution < 1.29 is 4.79 Å². The van der Waals surface area contributed by atoms with Gasteiger partial charge in [-0.25, -0.2) is 4.79 Å². The van der Waals surface area contributed by atoms with Crippen LogP contribution in [0.3, 0.4) is 0 Å². The number of aryl methyl sites for hydroxylation is 2. The molecule has 0 spiro atoms. The normalized spacial score (nSPS) is 12.2. The molecule has 0 fully saturated rings. The number of carbonyl (C=O) groups is 1. The summed E-state index contributed by atoms with van der Waals surface area (Å²) in [7, 11) is 1.78. The fourth-order valence-electron chi connectivity index (χ4n) is 2.16. The van der Waals surface area contributed by atoms with Crippen molar-refractivity contribution in [2.24, 2.45) is 13.0 Å². The molecule has 2 aromatic heterocycles. The Morgan fingerprint density at radius 2 is 2.05 bits per heavy atom. The molecule has 0 bridgehead atoms. The van der Waals surface area contributed by atoms with Crippen LogP contribution < -0.4 is 10.6 Å². The molecular formula is C15H21N5O. The van der Waals surface area contributed by atoms with Gasteiger partial charge in [0, 0.05) is 19.3 Å². The summed E-state index contributed by atoms with van der Waals surface area (Å²) in [6, 6.07) is 5.24. The minimum atomic E-state index is -0.262. The first-order valence-electron chi connectivity index (χ1n) is 6.96. The first-order valence-corrected chi connectivity index (χ1v) is 6.96. The van der Waals surface area contributed by atoms with Crippen LogP contribution >= 0.6 is 0 Å². The smallest absolute Gasteiger partial charge is 0.320 e. The van der Waals surface area contributed by atoms with E-state index in [4.69, 9.17) is 0 Å². The molecule has 0 radical (unpaired) electrons. The van der Waals surface area contributed by atoms with E-state index in [0.29, 0.717) is 5.82 Å². The summed E-state index contributed by atoms with van der Waals surface area (Å²) in [5.41, 5.74) is 1.96. The highest BCUT2D eigenvalue weighted by atomic mass is 16.2. The Morgan fingerprint density at radius 1 is 1.29 bits per heavy atom. The number of rotatable bonds is 4. The van der Waals surface area contributed by atoms with E-state index in [9.17, 15) is 4.79 Å². The highest BCUT2D eigenvalue weighted by Crippen LogP contribution is 2.22. The van der Waals surface area contributed by atoms with Gasteiger partial charge in [0.1, 0.15) is 5.82 Å². The first kappa shape index (κ1) is 15.0. The summed E-state index contributed by atoms with van der Waals surface area (Å²) in [6.45, 7) is 6.12.